The number of piperidine rings is 1. The molecule has 0 bridgehead atoms. The predicted octanol–water partition coefficient (Wildman–Crippen LogP) is 4.62. The van der Waals surface area contributed by atoms with E-state index in [4.69, 9.17) is 0 Å². The molecule has 172 valence electrons. The lowest BCUT2D eigenvalue weighted by Crippen LogP contribution is -2.29. The summed E-state index contributed by atoms with van der Waals surface area (Å²) < 4.78 is 0. The van der Waals surface area contributed by atoms with Crippen LogP contribution < -0.4 is 4.90 Å². The summed E-state index contributed by atoms with van der Waals surface area (Å²) in [5, 5.41) is 9.94. The van der Waals surface area contributed by atoms with Gasteiger partial charge in [-0.2, -0.15) is 5.10 Å². The fourth-order valence-electron chi connectivity index (χ4n) is 4.91. The molecule has 1 fully saturated rings. The zero-order chi connectivity index (χ0) is 23.1. The lowest BCUT2D eigenvalue weighted by molar-refractivity contribution is 0.402. The van der Waals surface area contributed by atoms with Crippen LogP contribution >= 0.6 is 0 Å². The Kier molecular flexibility index (Phi) is 5.22. The van der Waals surface area contributed by atoms with E-state index in [2.05, 4.69) is 78.3 Å². The zero-order valence-corrected chi connectivity index (χ0v) is 19.5. The van der Waals surface area contributed by atoms with Gasteiger partial charge in [-0.25, -0.2) is 4.98 Å². The molecule has 1 aliphatic heterocycles. The second kappa shape index (κ2) is 8.53. The number of rotatable bonds is 5. The molecule has 1 saturated heterocycles. The largest absolute Gasteiger partial charge is 0.371 e. The number of hydrogen-bond acceptors (Lipinski definition) is 6. The fourth-order valence-corrected chi connectivity index (χ4v) is 4.91. The summed E-state index contributed by atoms with van der Waals surface area (Å²) in [4.78, 5) is 21.8. The number of fused-ring (bicyclic) bond motifs is 2. The summed E-state index contributed by atoms with van der Waals surface area (Å²) in [5.74, 6) is 0. The average Bonchev–Trinajstić information content (AvgIpc) is 3.48. The van der Waals surface area contributed by atoms with Crippen LogP contribution in [0.3, 0.4) is 0 Å². The van der Waals surface area contributed by atoms with Gasteiger partial charge in [-0.15, -0.1) is 0 Å². The van der Waals surface area contributed by atoms with E-state index in [-0.39, 0.29) is 0 Å². The first-order chi connectivity index (χ1) is 16.7. The lowest BCUT2D eigenvalue weighted by Gasteiger charge is -2.29. The molecule has 6 heterocycles. The van der Waals surface area contributed by atoms with E-state index < -0.39 is 0 Å². The van der Waals surface area contributed by atoms with Crippen LogP contribution in [0.25, 0.3) is 44.6 Å². The Morgan fingerprint density at radius 3 is 2.71 bits per heavy atom. The molecule has 2 N–H and O–H groups in total. The molecule has 0 amide bonds. The molecular formula is C26H28N8. The number of aromatic nitrogens is 6. The maximum atomic E-state index is 4.67. The Bertz CT molecular complexity index is 1460. The van der Waals surface area contributed by atoms with E-state index in [1.54, 1.807) is 0 Å². The summed E-state index contributed by atoms with van der Waals surface area (Å²) in [6.07, 6.45) is 11.3. The fraction of sp³-hybridized carbons (Fsp3) is 0.308. The quantitative estimate of drug-likeness (QED) is 0.405. The van der Waals surface area contributed by atoms with Gasteiger partial charge in [0.15, 0.2) is 0 Å². The highest BCUT2D eigenvalue weighted by molar-refractivity contribution is 5.99. The molecule has 5 aromatic heterocycles. The van der Waals surface area contributed by atoms with Crippen LogP contribution in [0.1, 0.15) is 24.8 Å². The molecule has 0 atom stereocenters. The molecule has 8 heteroatoms. The molecule has 0 radical (unpaired) electrons. The summed E-state index contributed by atoms with van der Waals surface area (Å²) in [6.45, 7) is 3.03. The van der Waals surface area contributed by atoms with Gasteiger partial charge >= 0.3 is 0 Å². The van der Waals surface area contributed by atoms with Crippen molar-refractivity contribution < 1.29 is 0 Å². The maximum absolute atomic E-state index is 4.67. The number of hydrogen-bond donors (Lipinski definition) is 2. The van der Waals surface area contributed by atoms with Crippen LogP contribution in [-0.4, -0.2) is 62.2 Å². The van der Waals surface area contributed by atoms with Crippen LogP contribution in [0.5, 0.6) is 0 Å². The van der Waals surface area contributed by atoms with Gasteiger partial charge in [-0.05, 0) is 63.2 Å². The summed E-state index contributed by atoms with van der Waals surface area (Å²) in [6, 6.07) is 8.55. The third kappa shape index (κ3) is 3.80. The molecule has 34 heavy (non-hydrogen) atoms. The number of anilines is 1. The van der Waals surface area contributed by atoms with Crippen molar-refractivity contribution in [1.82, 2.24) is 35.0 Å². The van der Waals surface area contributed by atoms with Crippen LogP contribution in [0.15, 0.2) is 49.1 Å². The number of pyridine rings is 3. The van der Waals surface area contributed by atoms with Gasteiger partial charge in [0, 0.05) is 60.2 Å². The highest BCUT2D eigenvalue weighted by Crippen LogP contribution is 2.34. The van der Waals surface area contributed by atoms with Gasteiger partial charge in [-0.3, -0.25) is 15.1 Å². The molecule has 0 saturated carbocycles. The van der Waals surface area contributed by atoms with Gasteiger partial charge in [0.2, 0.25) is 0 Å². The number of nitrogens with zero attached hydrogens (tertiary/aromatic N) is 6. The van der Waals surface area contributed by atoms with Crippen LogP contribution in [-0.2, 0) is 6.54 Å². The SMILES string of the molecule is CN(C)Cc1cncc(-c2cc3c(-c4cc5c(N6CCCCC6)ccnc5[nH]4)n[nH]c3cn2)c1. The Balaban J connectivity index is 1.41. The molecule has 0 spiro atoms. The first-order valence-corrected chi connectivity index (χ1v) is 11.8. The Hall–Kier alpha value is -3.78. The minimum Gasteiger partial charge on any atom is -0.371 e. The van der Waals surface area contributed by atoms with Gasteiger partial charge in [-0.1, -0.05) is 0 Å². The van der Waals surface area contributed by atoms with E-state index in [1.165, 1.54) is 24.9 Å². The molecule has 8 nitrogen and oxygen atoms in total. The average molecular weight is 453 g/mol. The van der Waals surface area contributed by atoms with Crippen LogP contribution in [0.2, 0.25) is 0 Å². The van der Waals surface area contributed by atoms with Gasteiger partial charge in [0.25, 0.3) is 0 Å². The van der Waals surface area contributed by atoms with Crippen molar-refractivity contribution in [2.24, 2.45) is 0 Å². The number of nitrogens with one attached hydrogen (secondary N) is 2. The van der Waals surface area contributed by atoms with E-state index in [1.807, 2.05) is 24.8 Å². The lowest BCUT2D eigenvalue weighted by atomic mass is 10.1. The van der Waals surface area contributed by atoms with Crippen molar-refractivity contribution in [3.8, 4) is 22.6 Å². The second-order valence-corrected chi connectivity index (χ2v) is 9.33. The third-order valence-electron chi connectivity index (χ3n) is 6.50. The Morgan fingerprint density at radius 2 is 1.85 bits per heavy atom. The van der Waals surface area contributed by atoms with E-state index in [9.17, 15) is 0 Å². The van der Waals surface area contributed by atoms with Crippen molar-refractivity contribution in [1.29, 1.82) is 0 Å². The molecular weight excluding hydrogens is 424 g/mol. The molecule has 1 aliphatic rings. The van der Waals surface area contributed by atoms with Crippen molar-refractivity contribution >= 4 is 27.6 Å². The smallest absolute Gasteiger partial charge is 0.139 e. The topological polar surface area (TPSA) is 89.6 Å². The van der Waals surface area contributed by atoms with Gasteiger partial charge in [0.05, 0.1) is 23.1 Å². The highest BCUT2D eigenvalue weighted by Gasteiger charge is 2.18. The zero-order valence-electron chi connectivity index (χ0n) is 19.5. The Labute approximate surface area is 198 Å². The predicted molar refractivity (Wildman–Crippen MR) is 136 cm³/mol. The summed E-state index contributed by atoms with van der Waals surface area (Å²) >= 11 is 0. The van der Waals surface area contributed by atoms with Crippen molar-refractivity contribution in [3.63, 3.8) is 0 Å². The molecule has 0 aliphatic carbocycles. The molecule has 6 rings (SSSR count). The maximum Gasteiger partial charge on any atom is 0.139 e. The first-order valence-electron chi connectivity index (χ1n) is 11.8. The number of aromatic amines is 2. The van der Waals surface area contributed by atoms with E-state index in [0.29, 0.717) is 0 Å². The van der Waals surface area contributed by atoms with Gasteiger partial charge < -0.3 is 14.8 Å². The minimum absolute atomic E-state index is 0.835. The standard InChI is InChI=1S/C26H28N8/c1-33(2)16-17-10-18(14-27-13-17)21-11-19-23(15-29-21)31-32-25(19)22-12-20-24(6-7-28-26(20)30-22)34-8-4-3-5-9-34/h6-7,10-15H,3-5,8-9,16H2,1-2H3,(H,28,30)(H,31,32). The second-order valence-electron chi connectivity index (χ2n) is 9.33. The number of H-pyrrole nitrogens is 2. The summed E-state index contributed by atoms with van der Waals surface area (Å²) in [7, 11) is 4.11. The van der Waals surface area contributed by atoms with Gasteiger partial charge in [0.1, 0.15) is 11.3 Å². The minimum atomic E-state index is 0.835. The van der Waals surface area contributed by atoms with E-state index in [0.717, 1.165) is 69.8 Å². The Morgan fingerprint density at radius 1 is 0.971 bits per heavy atom. The molecule has 0 unspecified atom stereocenters. The van der Waals surface area contributed by atoms with Crippen molar-refractivity contribution in [3.05, 3.63) is 54.6 Å². The summed E-state index contributed by atoms with van der Waals surface area (Å²) in [5.41, 5.74) is 7.91. The third-order valence-corrected chi connectivity index (χ3v) is 6.50. The molecule has 5 aromatic rings. The molecule has 0 aromatic carbocycles. The van der Waals surface area contributed by atoms with Crippen LogP contribution in [0, 0.1) is 0 Å². The van der Waals surface area contributed by atoms with Crippen molar-refractivity contribution in [2.45, 2.75) is 25.8 Å². The van der Waals surface area contributed by atoms with Crippen molar-refractivity contribution in [2.75, 3.05) is 32.1 Å². The first kappa shape index (κ1) is 20.8. The normalized spacial score (nSPS) is 14.5. The van der Waals surface area contributed by atoms with E-state index >= 15 is 0 Å². The monoisotopic (exact) mass is 452 g/mol. The highest BCUT2D eigenvalue weighted by atomic mass is 15.1. The van der Waals surface area contributed by atoms with Crippen LogP contribution in [0.4, 0.5) is 5.69 Å².